The van der Waals surface area contributed by atoms with E-state index < -0.39 is 11.7 Å². The standard InChI is InChI=1S/C17H18FN3O3S/c1-21(11-15(22)20-13-5-2-4-12(18)10-13)16(23)7-8-19-17(24)14-6-3-9-25-14/h2-6,9-10H,7-8,11H2,1H3,(H,19,24)(H,20,22). The summed E-state index contributed by atoms with van der Waals surface area (Å²) in [4.78, 5) is 37.5. The van der Waals surface area contributed by atoms with Crippen LogP contribution >= 0.6 is 11.3 Å². The van der Waals surface area contributed by atoms with Gasteiger partial charge in [0.15, 0.2) is 0 Å². The molecule has 6 nitrogen and oxygen atoms in total. The molecule has 2 N–H and O–H groups in total. The van der Waals surface area contributed by atoms with Crippen LogP contribution in [0.3, 0.4) is 0 Å². The van der Waals surface area contributed by atoms with Crippen molar-refractivity contribution >= 4 is 34.7 Å². The summed E-state index contributed by atoms with van der Waals surface area (Å²) in [5.41, 5.74) is 0.328. The normalized spacial score (nSPS) is 10.2. The molecule has 0 saturated carbocycles. The monoisotopic (exact) mass is 363 g/mol. The van der Waals surface area contributed by atoms with E-state index >= 15 is 0 Å². The number of anilines is 1. The molecule has 0 aliphatic heterocycles. The number of thiophene rings is 1. The highest BCUT2D eigenvalue weighted by atomic mass is 32.1. The van der Waals surface area contributed by atoms with Gasteiger partial charge in [0.2, 0.25) is 11.8 Å². The fourth-order valence-corrected chi connectivity index (χ4v) is 2.68. The van der Waals surface area contributed by atoms with Gasteiger partial charge in [-0.3, -0.25) is 14.4 Å². The van der Waals surface area contributed by atoms with E-state index in [9.17, 15) is 18.8 Å². The molecule has 0 fully saturated rings. The fourth-order valence-electron chi connectivity index (χ4n) is 2.04. The van der Waals surface area contributed by atoms with Crippen LogP contribution in [0.15, 0.2) is 41.8 Å². The lowest BCUT2D eigenvalue weighted by Gasteiger charge is -2.17. The van der Waals surface area contributed by atoms with E-state index in [1.165, 1.54) is 41.5 Å². The number of halogens is 1. The molecule has 3 amide bonds. The van der Waals surface area contributed by atoms with Crippen LogP contribution in [-0.2, 0) is 9.59 Å². The summed E-state index contributed by atoms with van der Waals surface area (Å²) in [6.45, 7) is 0.0274. The maximum atomic E-state index is 13.1. The van der Waals surface area contributed by atoms with Gasteiger partial charge in [0.05, 0.1) is 11.4 Å². The van der Waals surface area contributed by atoms with Crippen LogP contribution < -0.4 is 10.6 Å². The van der Waals surface area contributed by atoms with Crippen LogP contribution in [-0.4, -0.2) is 42.8 Å². The second-order valence-electron chi connectivity index (χ2n) is 5.29. The largest absolute Gasteiger partial charge is 0.351 e. The summed E-state index contributed by atoms with van der Waals surface area (Å²) >= 11 is 1.32. The second kappa shape index (κ2) is 8.93. The van der Waals surface area contributed by atoms with Gasteiger partial charge in [-0.1, -0.05) is 12.1 Å². The molecule has 2 aromatic rings. The van der Waals surface area contributed by atoms with Crippen LogP contribution in [0, 0.1) is 5.82 Å². The Bertz CT molecular complexity index is 749. The van der Waals surface area contributed by atoms with Crippen LogP contribution in [0.2, 0.25) is 0 Å². The van der Waals surface area contributed by atoms with Crippen LogP contribution in [0.4, 0.5) is 10.1 Å². The van der Waals surface area contributed by atoms with Crippen molar-refractivity contribution in [1.29, 1.82) is 0 Å². The van der Waals surface area contributed by atoms with Crippen molar-refractivity contribution in [2.75, 3.05) is 25.5 Å². The molecule has 1 heterocycles. The van der Waals surface area contributed by atoms with Gasteiger partial charge in [-0.15, -0.1) is 11.3 Å². The average Bonchev–Trinajstić information content (AvgIpc) is 3.09. The fraction of sp³-hybridized carbons (Fsp3) is 0.235. The number of nitrogens with one attached hydrogen (secondary N) is 2. The van der Waals surface area contributed by atoms with Gasteiger partial charge in [0.1, 0.15) is 5.82 Å². The van der Waals surface area contributed by atoms with E-state index in [0.717, 1.165) is 0 Å². The molecule has 1 aromatic heterocycles. The highest BCUT2D eigenvalue weighted by Gasteiger charge is 2.14. The van der Waals surface area contributed by atoms with Crippen molar-refractivity contribution in [2.45, 2.75) is 6.42 Å². The Morgan fingerprint density at radius 2 is 2.00 bits per heavy atom. The number of likely N-dealkylation sites (N-methyl/N-ethyl adjacent to an activating group) is 1. The Morgan fingerprint density at radius 3 is 2.68 bits per heavy atom. The zero-order valence-corrected chi connectivity index (χ0v) is 14.4. The number of hydrogen-bond acceptors (Lipinski definition) is 4. The molecule has 0 unspecified atom stereocenters. The first-order valence-corrected chi connectivity index (χ1v) is 8.45. The highest BCUT2D eigenvalue weighted by Crippen LogP contribution is 2.09. The quantitative estimate of drug-likeness (QED) is 0.791. The first kappa shape index (κ1) is 18.6. The number of nitrogens with zero attached hydrogens (tertiary/aromatic N) is 1. The topological polar surface area (TPSA) is 78.5 Å². The predicted octanol–water partition coefficient (Wildman–Crippen LogP) is 2.10. The maximum Gasteiger partial charge on any atom is 0.261 e. The lowest BCUT2D eigenvalue weighted by atomic mass is 10.3. The van der Waals surface area contributed by atoms with Crippen molar-refractivity contribution in [3.8, 4) is 0 Å². The van der Waals surface area contributed by atoms with Crippen LogP contribution in [0.25, 0.3) is 0 Å². The van der Waals surface area contributed by atoms with E-state index in [1.54, 1.807) is 23.6 Å². The Kier molecular flexibility index (Phi) is 6.64. The van der Waals surface area contributed by atoms with E-state index in [-0.39, 0.29) is 31.3 Å². The lowest BCUT2D eigenvalue weighted by molar-refractivity contribution is -0.133. The molecular formula is C17H18FN3O3S. The number of amides is 3. The van der Waals surface area contributed by atoms with Crippen molar-refractivity contribution in [3.05, 3.63) is 52.5 Å². The third-order valence-corrected chi connectivity index (χ3v) is 4.15. The zero-order valence-electron chi connectivity index (χ0n) is 13.6. The number of carbonyl (C=O) groups is 3. The Labute approximate surface area is 148 Å². The average molecular weight is 363 g/mol. The molecule has 0 aliphatic rings. The lowest BCUT2D eigenvalue weighted by Crippen LogP contribution is -2.37. The summed E-state index contributed by atoms with van der Waals surface area (Å²) < 4.78 is 13.1. The van der Waals surface area contributed by atoms with E-state index in [0.29, 0.717) is 10.6 Å². The Balaban J connectivity index is 1.72. The van der Waals surface area contributed by atoms with E-state index in [1.807, 2.05) is 0 Å². The minimum absolute atomic E-state index is 0.0842. The molecule has 132 valence electrons. The molecule has 0 radical (unpaired) electrons. The number of benzene rings is 1. The molecule has 0 aliphatic carbocycles. The van der Waals surface area contributed by atoms with Gasteiger partial charge in [-0.25, -0.2) is 4.39 Å². The predicted molar refractivity (Wildman–Crippen MR) is 93.9 cm³/mol. The van der Waals surface area contributed by atoms with Gasteiger partial charge in [-0.2, -0.15) is 0 Å². The highest BCUT2D eigenvalue weighted by molar-refractivity contribution is 7.12. The molecule has 1 aromatic carbocycles. The summed E-state index contributed by atoms with van der Waals surface area (Å²) in [6.07, 6.45) is 0.0842. The van der Waals surface area contributed by atoms with Crippen LogP contribution in [0.5, 0.6) is 0 Å². The molecule has 8 heteroatoms. The Morgan fingerprint density at radius 1 is 1.20 bits per heavy atom. The molecule has 25 heavy (non-hydrogen) atoms. The van der Waals surface area contributed by atoms with Gasteiger partial charge in [-0.05, 0) is 29.6 Å². The third kappa shape index (κ3) is 6.00. The van der Waals surface area contributed by atoms with Crippen LogP contribution in [0.1, 0.15) is 16.1 Å². The van der Waals surface area contributed by atoms with Crippen molar-refractivity contribution in [2.24, 2.45) is 0 Å². The molecule has 0 atom stereocenters. The van der Waals surface area contributed by atoms with Crippen molar-refractivity contribution in [1.82, 2.24) is 10.2 Å². The van der Waals surface area contributed by atoms with Gasteiger partial charge >= 0.3 is 0 Å². The number of hydrogen-bond donors (Lipinski definition) is 2. The third-order valence-electron chi connectivity index (χ3n) is 3.28. The number of rotatable bonds is 7. The van der Waals surface area contributed by atoms with Gasteiger partial charge in [0, 0.05) is 25.7 Å². The molecule has 0 spiro atoms. The first-order valence-electron chi connectivity index (χ1n) is 7.57. The summed E-state index contributed by atoms with van der Waals surface area (Å²) in [6, 6.07) is 8.98. The van der Waals surface area contributed by atoms with Crippen molar-refractivity contribution < 1.29 is 18.8 Å². The minimum Gasteiger partial charge on any atom is -0.351 e. The molecule has 0 bridgehead atoms. The van der Waals surface area contributed by atoms with E-state index in [2.05, 4.69) is 10.6 Å². The van der Waals surface area contributed by atoms with Gasteiger partial charge < -0.3 is 15.5 Å². The summed E-state index contributed by atoms with van der Waals surface area (Å²) in [7, 11) is 1.49. The van der Waals surface area contributed by atoms with E-state index in [4.69, 9.17) is 0 Å². The van der Waals surface area contributed by atoms with Gasteiger partial charge in [0.25, 0.3) is 5.91 Å². The zero-order chi connectivity index (χ0) is 18.2. The molecular weight excluding hydrogens is 345 g/mol. The maximum absolute atomic E-state index is 13.1. The number of carbonyl (C=O) groups excluding carboxylic acids is 3. The van der Waals surface area contributed by atoms with Crippen molar-refractivity contribution in [3.63, 3.8) is 0 Å². The SMILES string of the molecule is CN(CC(=O)Nc1cccc(F)c1)C(=O)CCNC(=O)c1cccs1. The summed E-state index contributed by atoms with van der Waals surface area (Å²) in [5, 5.41) is 6.97. The minimum atomic E-state index is -0.455. The first-order chi connectivity index (χ1) is 12.0. The smallest absolute Gasteiger partial charge is 0.261 e. The summed E-state index contributed by atoms with van der Waals surface area (Å²) in [5.74, 6) is -1.39. The second-order valence-corrected chi connectivity index (χ2v) is 6.24. The molecule has 2 rings (SSSR count). The Hall–Kier alpha value is -2.74. The molecule has 0 saturated heterocycles.